The number of hydrogen-bond acceptors (Lipinski definition) is 4. The Morgan fingerprint density at radius 2 is 2.08 bits per heavy atom. The monoisotopic (exact) mass is 357 g/mol. The van der Waals surface area contributed by atoms with Crippen LogP contribution in [0, 0.1) is 5.92 Å². The Bertz CT molecular complexity index is 723. The quantitative estimate of drug-likeness (QED) is 0.897. The van der Waals surface area contributed by atoms with Crippen LogP contribution >= 0.6 is 11.3 Å². The second-order valence-electron chi connectivity index (χ2n) is 7.61. The predicted molar refractivity (Wildman–Crippen MR) is 103 cm³/mol. The number of carbonyl (C=O) groups excluding carboxylic acids is 1. The Kier molecular flexibility index (Phi) is 5.32. The molecule has 2 heterocycles. The molecule has 1 amide bonds. The number of nitrogens with zero attached hydrogens (tertiary/aromatic N) is 2. The summed E-state index contributed by atoms with van der Waals surface area (Å²) >= 11 is 1.61. The zero-order chi connectivity index (χ0) is 17.1. The number of aromatic nitrogens is 1. The third kappa shape index (κ3) is 4.21. The first-order valence-corrected chi connectivity index (χ1v) is 10.5. The molecule has 1 atom stereocenters. The molecule has 1 saturated heterocycles. The van der Waals surface area contributed by atoms with Crippen molar-refractivity contribution in [1.82, 2.24) is 15.2 Å². The summed E-state index contributed by atoms with van der Waals surface area (Å²) in [6.45, 7) is 3.41. The molecular weight excluding hydrogens is 330 g/mol. The van der Waals surface area contributed by atoms with E-state index < -0.39 is 0 Å². The first-order chi connectivity index (χ1) is 12.3. The third-order valence-electron chi connectivity index (χ3n) is 5.67. The number of nitrogens with one attached hydrogen (secondary N) is 1. The summed E-state index contributed by atoms with van der Waals surface area (Å²) in [5, 5.41) is 3.25. The van der Waals surface area contributed by atoms with Crippen LogP contribution in [-0.4, -0.2) is 41.5 Å². The van der Waals surface area contributed by atoms with Crippen molar-refractivity contribution in [3.8, 4) is 0 Å². The fourth-order valence-electron chi connectivity index (χ4n) is 4.34. The lowest BCUT2D eigenvalue weighted by Gasteiger charge is -2.36. The maximum Gasteiger partial charge on any atom is 0.251 e. The molecule has 25 heavy (non-hydrogen) atoms. The molecule has 2 aliphatic rings. The molecular formula is C20H27N3OS. The van der Waals surface area contributed by atoms with E-state index in [9.17, 15) is 4.79 Å². The van der Waals surface area contributed by atoms with E-state index in [4.69, 9.17) is 0 Å². The molecule has 0 radical (unpaired) electrons. The van der Waals surface area contributed by atoms with Gasteiger partial charge < -0.3 is 10.2 Å². The third-order valence-corrected chi connectivity index (χ3v) is 6.48. The molecule has 0 bridgehead atoms. The molecule has 2 fully saturated rings. The Morgan fingerprint density at radius 3 is 2.96 bits per heavy atom. The molecule has 1 aromatic heterocycles. The molecule has 2 aromatic rings. The largest absolute Gasteiger partial charge is 0.348 e. The summed E-state index contributed by atoms with van der Waals surface area (Å²) in [5.74, 6) is 0.912. The molecule has 1 saturated carbocycles. The van der Waals surface area contributed by atoms with Crippen molar-refractivity contribution in [2.24, 2.45) is 5.92 Å². The minimum atomic E-state index is 0.0411. The van der Waals surface area contributed by atoms with E-state index in [1.807, 2.05) is 23.7 Å². The number of carbonyl (C=O) groups is 1. The highest BCUT2D eigenvalue weighted by Gasteiger charge is 2.24. The second kappa shape index (κ2) is 7.83. The van der Waals surface area contributed by atoms with E-state index >= 15 is 0 Å². The zero-order valence-electron chi connectivity index (χ0n) is 14.7. The molecule has 5 heteroatoms. The number of rotatable bonds is 4. The van der Waals surface area contributed by atoms with Gasteiger partial charge in [0.2, 0.25) is 0 Å². The van der Waals surface area contributed by atoms with Crippen LogP contribution in [0.5, 0.6) is 0 Å². The van der Waals surface area contributed by atoms with Crippen molar-refractivity contribution >= 4 is 27.5 Å². The van der Waals surface area contributed by atoms with E-state index in [1.165, 1.54) is 51.6 Å². The fraction of sp³-hybridized carbons (Fsp3) is 0.600. The van der Waals surface area contributed by atoms with Crippen LogP contribution in [0.1, 0.15) is 55.3 Å². The maximum absolute atomic E-state index is 12.6. The average molecular weight is 358 g/mol. The molecule has 1 aliphatic carbocycles. The Labute approximate surface area is 153 Å². The molecule has 1 aromatic carbocycles. The summed E-state index contributed by atoms with van der Waals surface area (Å²) in [5.41, 5.74) is 3.47. The summed E-state index contributed by atoms with van der Waals surface area (Å²) in [7, 11) is 0. The zero-order valence-corrected chi connectivity index (χ0v) is 15.6. The highest BCUT2D eigenvalue weighted by atomic mass is 32.1. The van der Waals surface area contributed by atoms with Crippen molar-refractivity contribution < 1.29 is 4.79 Å². The highest BCUT2D eigenvalue weighted by molar-refractivity contribution is 7.16. The van der Waals surface area contributed by atoms with Gasteiger partial charge in [0.05, 0.1) is 15.7 Å². The van der Waals surface area contributed by atoms with Gasteiger partial charge in [-0.1, -0.05) is 19.3 Å². The Hall–Kier alpha value is -1.46. The molecule has 1 N–H and O–H groups in total. The number of fused-ring (bicyclic) bond motifs is 1. The number of piperidine rings is 1. The summed E-state index contributed by atoms with van der Waals surface area (Å²) in [6, 6.07) is 6.09. The average Bonchev–Trinajstić information content (AvgIpc) is 3.10. The summed E-state index contributed by atoms with van der Waals surface area (Å²) in [6.07, 6.45) is 9.27. The van der Waals surface area contributed by atoms with Gasteiger partial charge in [0, 0.05) is 24.7 Å². The maximum atomic E-state index is 12.6. The molecule has 4 nitrogen and oxygen atoms in total. The van der Waals surface area contributed by atoms with Crippen molar-refractivity contribution in [1.29, 1.82) is 0 Å². The van der Waals surface area contributed by atoms with Crippen molar-refractivity contribution in [3.63, 3.8) is 0 Å². The van der Waals surface area contributed by atoms with Crippen LogP contribution in [0.25, 0.3) is 10.2 Å². The van der Waals surface area contributed by atoms with Crippen LogP contribution < -0.4 is 5.32 Å². The SMILES string of the molecule is O=C(N[C@@H]1CCCN(CC2CCCCC2)C1)c1ccc2scnc2c1. The normalized spacial score (nSPS) is 23.0. The van der Waals surface area contributed by atoms with Gasteiger partial charge in [-0.05, 0) is 56.3 Å². The van der Waals surface area contributed by atoms with Gasteiger partial charge in [-0.15, -0.1) is 11.3 Å². The Balaban J connectivity index is 1.33. The molecule has 0 spiro atoms. The Morgan fingerprint density at radius 1 is 1.20 bits per heavy atom. The van der Waals surface area contributed by atoms with Crippen molar-refractivity contribution in [2.75, 3.05) is 19.6 Å². The molecule has 0 unspecified atom stereocenters. The first-order valence-electron chi connectivity index (χ1n) is 9.64. The summed E-state index contributed by atoms with van der Waals surface area (Å²) < 4.78 is 1.13. The molecule has 1 aliphatic heterocycles. The van der Waals surface area contributed by atoms with E-state index in [0.29, 0.717) is 0 Å². The van der Waals surface area contributed by atoms with Gasteiger partial charge in [-0.2, -0.15) is 0 Å². The van der Waals surface area contributed by atoms with Crippen LogP contribution in [-0.2, 0) is 0 Å². The highest BCUT2D eigenvalue weighted by Crippen LogP contribution is 2.25. The van der Waals surface area contributed by atoms with Crippen molar-refractivity contribution in [3.05, 3.63) is 29.3 Å². The number of hydrogen-bond donors (Lipinski definition) is 1. The molecule has 134 valence electrons. The smallest absolute Gasteiger partial charge is 0.251 e. The van der Waals surface area contributed by atoms with Crippen molar-refractivity contribution in [2.45, 2.75) is 51.0 Å². The lowest BCUT2D eigenvalue weighted by Crippen LogP contribution is -2.48. The predicted octanol–water partition coefficient (Wildman–Crippen LogP) is 4.07. The lowest BCUT2D eigenvalue weighted by atomic mass is 9.88. The van der Waals surface area contributed by atoms with Gasteiger partial charge in [-0.3, -0.25) is 4.79 Å². The fourth-order valence-corrected chi connectivity index (χ4v) is 5.00. The van der Waals surface area contributed by atoms with Crippen LogP contribution in [0.3, 0.4) is 0 Å². The first kappa shape index (κ1) is 17.0. The minimum Gasteiger partial charge on any atom is -0.348 e. The van der Waals surface area contributed by atoms with E-state index in [2.05, 4.69) is 15.2 Å². The lowest BCUT2D eigenvalue weighted by molar-refractivity contribution is 0.0890. The van der Waals surface area contributed by atoms with Gasteiger partial charge >= 0.3 is 0 Å². The van der Waals surface area contributed by atoms with E-state index in [-0.39, 0.29) is 11.9 Å². The summed E-state index contributed by atoms with van der Waals surface area (Å²) in [4.78, 5) is 19.5. The number of thiazole rings is 1. The molecule has 4 rings (SSSR count). The van der Waals surface area contributed by atoms with Gasteiger partial charge in [0.1, 0.15) is 0 Å². The van der Waals surface area contributed by atoms with Crippen LogP contribution in [0.2, 0.25) is 0 Å². The topological polar surface area (TPSA) is 45.2 Å². The number of amides is 1. The van der Waals surface area contributed by atoms with Gasteiger partial charge in [0.15, 0.2) is 0 Å². The van der Waals surface area contributed by atoms with Crippen LogP contribution in [0.4, 0.5) is 0 Å². The second-order valence-corrected chi connectivity index (χ2v) is 8.50. The number of benzene rings is 1. The van der Waals surface area contributed by atoms with Crippen LogP contribution in [0.15, 0.2) is 23.7 Å². The van der Waals surface area contributed by atoms with Gasteiger partial charge in [-0.25, -0.2) is 4.98 Å². The van der Waals surface area contributed by atoms with E-state index in [1.54, 1.807) is 11.3 Å². The standard InChI is InChI=1S/C20H27N3OS/c24-20(16-8-9-19-18(11-16)21-14-25-19)22-17-7-4-10-23(13-17)12-15-5-2-1-3-6-15/h8-9,11,14-15,17H,1-7,10,12-13H2,(H,22,24)/t17-/m1/s1. The minimum absolute atomic E-state index is 0.0411. The van der Waals surface area contributed by atoms with E-state index in [0.717, 1.165) is 34.7 Å². The van der Waals surface area contributed by atoms with Gasteiger partial charge in [0.25, 0.3) is 5.91 Å². The number of likely N-dealkylation sites (tertiary alicyclic amines) is 1.